The molecule has 216 valence electrons. The number of anilines is 2. The lowest BCUT2D eigenvalue weighted by atomic mass is 10.0. The molecule has 2 aliphatic heterocycles. The number of aromatic nitrogens is 2. The number of alkyl halides is 3. The molecule has 2 amide bonds. The zero-order valence-corrected chi connectivity index (χ0v) is 22.9. The number of ether oxygens (including phenoxy) is 1. The molecule has 1 N–H and O–H groups in total. The highest BCUT2D eigenvalue weighted by atomic mass is 19.4. The van der Waals surface area contributed by atoms with E-state index in [-0.39, 0.29) is 30.0 Å². The first kappa shape index (κ1) is 28.5. The van der Waals surface area contributed by atoms with Gasteiger partial charge < -0.3 is 15.0 Å². The molecule has 1 fully saturated rings. The molecule has 0 spiro atoms. The Labute approximate surface area is 235 Å². The number of carbonyl (C=O) groups excluding carboxylic acids is 2. The first-order valence-electron chi connectivity index (χ1n) is 13.4. The molecular formula is C29H31F3N6O3. The van der Waals surface area contributed by atoms with Gasteiger partial charge in [0.1, 0.15) is 17.9 Å². The van der Waals surface area contributed by atoms with E-state index in [1.54, 1.807) is 24.3 Å². The van der Waals surface area contributed by atoms with Crippen LogP contribution in [0.2, 0.25) is 0 Å². The Morgan fingerprint density at radius 3 is 2.51 bits per heavy atom. The smallest absolute Gasteiger partial charge is 0.416 e. The molecule has 0 aliphatic carbocycles. The van der Waals surface area contributed by atoms with Crippen molar-refractivity contribution in [2.75, 3.05) is 50.0 Å². The zero-order chi connectivity index (χ0) is 29.1. The number of amides is 2. The predicted octanol–water partition coefficient (Wildman–Crippen LogP) is 4.76. The first-order chi connectivity index (χ1) is 19.5. The summed E-state index contributed by atoms with van der Waals surface area (Å²) in [6.07, 6.45) is -2.49. The normalized spacial score (nSPS) is 16.0. The van der Waals surface area contributed by atoms with E-state index in [0.717, 1.165) is 24.7 Å². The summed E-state index contributed by atoms with van der Waals surface area (Å²) in [5.41, 5.74) is 1.59. The third-order valence-electron chi connectivity index (χ3n) is 7.20. The molecule has 3 aromatic rings. The number of fused-ring (bicyclic) bond motifs is 1. The molecule has 1 saturated heterocycles. The predicted molar refractivity (Wildman–Crippen MR) is 147 cm³/mol. The largest absolute Gasteiger partial charge is 0.439 e. The van der Waals surface area contributed by atoms with E-state index < -0.39 is 17.8 Å². The third-order valence-corrected chi connectivity index (χ3v) is 7.20. The topological polar surface area (TPSA) is 90.9 Å². The van der Waals surface area contributed by atoms with Gasteiger partial charge in [-0.15, -0.1) is 0 Å². The molecular weight excluding hydrogens is 537 g/mol. The van der Waals surface area contributed by atoms with Crippen molar-refractivity contribution in [2.45, 2.75) is 32.5 Å². The number of hydrogen-bond donors (Lipinski definition) is 1. The molecule has 3 heterocycles. The van der Waals surface area contributed by atoms with Crippen LogP contribution in [0.15, 0.2) is 48.8 Å². The molecule has 5 rings (SSSR count). The second kappa shape index (κ2) is 11.8. The molecule has 0 radical (unpaired) electrons. The molecule has 0 saturated carbocycles. The Hall–Kier alpha value is -4.03. The van der Waals surface area contributed by atoms with Gasteiger partial charge in [-0.1, -0.05) is 6.07 Å². The first-order valence-corrected chi connectivity index (χ1v) is 13.4. The van der Waals surface area contributed by atoms with Crippen LogP contribution in [0.25, 0.3) is 0 Å². The van der Waals surface area contributed by atoms with Gasteiger partial charge in [-0.3, -0.25) is 14.6 Å². The number of rotatable bonds is 7. The number of carbonyl (C=O) groups is 2. The Kier molecular flexibility index (Phi) is 8.22. The summed E-state index contributed by atoms with van der Waals surface area (Å²) in [7, 11) is 2.00. The lowest BCUT2D eigenvalue weighted by Gasteiger charge is -2.33. The van der Waals surface area contributed by atoms with Crippen LogP contribution >= 0.6 is 0 Å². The lowest BCUT2D eigenvalue weighted by molar-refractivity contribution is -0.138. The number of piperazine rings is 1. The molecule has 2 aromatic carbocycles. The number of likely N-dealkylation sites (N-methyl/N-ethyl adjacent to an activating group) is 1. The van der Waals surface area contributed by atoms with Crippen molar-refractivity contribution in [3.63, 3.8) is 0 Å². The van der Waals surface area contributed by atoms with E-state index in [1.807, 2.05) is 11.9 Å². The van der Waals surface area contributed by atoms with E-state index in [1.165, 1.54) is 30.3 Å². The fourth-order valence-electron chi connectivity index (χ4n) is 5.05. The molecule has 9 nitrogen and oxygen atoms in total. The Balaban J connectivity index is 1.27. The van der Waals surface area contributed by atoms with Crippen LogP contribution in [0.1, 0.15) is 29.3 Å². The van der Waals surface area contributed by atoms with E-state index in [0.29, 0.717) is 49.1 Å². The minimum Gasteiger partial charge on any atom is -0.439 e. The number of nitrogens with zero attached hydrogens (tertiary/aromatic N) is 5. The van der Waals surface area contributed by atoms with Crippen LogP contribution in [0, 0.1) is 0 Å². The van der Waals surface area contributed by atoms with E-state index in [9.17, 15) is 22.8 Å². The second-order valence-electron chi connectivity index (χ2n) is 10.4. The average Bonchev–Trinajstić information content (AvgIpc) is 3.33. The SMILES string of the molecule is CC(=O)Cc1cc(Oc2ccc3c(c2)CCN3C(=O)Nc2ccc(CN3CCN(C)CC3)c(C(F)(F)F)c2)ncn1. The fraction of sp³-hybridized carbons (Fsp3) is 0.379. The standard InChI is InChI=1S/C29H31F3N6O3/c1-19(39)13-23-16-27(34-18-33-23)41-24-5-6-26-20(14-24)7-8-38(26)28(40)35-22-4-3-21(25(15-22)29(30,31)32)17-37-11-9-36(2)10-12-37/h3-6,14-16,18H,7-13,17H2,1-2H3,(H,35,40). The molecule has 1 aromatic heterocycles. The van der Waals surface area contributed by atoms with Crippen molar-refractivity contribution in [3.8, 4) is 11.6 Å². The highest BCUT2D eigenvalue weighted by molar-refractivity contribution is 6.03. The van der Waals surface area contributed by atoms with Crippen LogP contribution in [0.4, 0.5) is 29.3 Å². The monoisotopic (exact) mass is 568 g/mol. The highest BCUT2D eigenvalue weighted by Gasteiger charge is 2.35. The van der Waals surface area contributed by atoms with Crippen LogP contribution < -0.4 is 15.0 Å². The van der Waals surface area contributed by atoms with E-state index >= 15 is 0 Å². The number of hydrogen-bond acceptors (Lipinski definition) is 7. The summed E-state index contributed by atoms with van der Waals surface area (Å²) in [6.45, 7) is 5.07. The van der Waals surface area contributed by atoms with E-state index in [4.69, 9.17) is 4.74 Å². The summed E-state index contributed by atoms with van der Waals surface area (Å²) in [6, 6.07) is 10.3. The maximum atomic E-state index is 14.0. The Morgan fingerprint density at radius 2 is 1.78 bits per heavy atom. The van der Waals surface area contributed by atoms with Crippen molar-refractivity contribution in [2.24, 2.45) is 0 Å². The zero-order valence-electron chi connectivity index (χ0n) is 22.9. The minimum atomic E-state index is -4.55. The van der Waals surface area contributed by atoms with Gasteiger partial charge in [-0.05, 0) is 61.9 Å². The molecule has 0 unspecified atom stereocenters. The second-order valence-corrected chi connectivity index (χ2v) is 10.4. The summed E-state index contributed by atoms with van der Waals surface area (Å²) < 4.78 is 47.7. The number of ketones is 1. The molecule has 0 bridgehead atoms. The average molecular weight is 569 g/mol. The van der Waals surface area contributed by atoms with Crippen molar-refractivity contribution in [3.05, 3.63) is 71.2 Å². The minimum absolute atomic E-state index is 0.0261. The van der Waals surface area contributed by atoms with Gasteiger partial charge in [0.25, 0.3) is 0 Å². The number of urea groups is 1. The molecule has 41 heavy (non-hydrogen) atoms. The number of halogens is 3. The molecule has 0 atom stereocenters. The summed E-state index contributed by atoms with van der Waals surface area (Å²) >= 11 is 0. The number of Topliss-reactive ketones (excluding diaryl/α,β-unsaturated/α-hetero) is 1. The summed E-state index contributed by atoms with van der Waals surface area (Å²) in [5.74, 6) is 0.770. The maximum absolute atomic E-state index is 14.0. The number of nitrogens with one attached hydrogen (secondary N) is 1. The van der Waals surface area contributed by atoms with Gasteiger partial charge in [0.15, 0.2) is 0 Å². The summed E-state index contributed by atoms with van der Waals surface area (Å²) in [4.78, 5) is 38.3. The van der Waals surface area contributed by atoms with Crippen LogP contribution in [-0.2, 0) is 30.4 Å². The Morgan fingerprint density at radius 1 is 1.00 bits per heavy atom. The molecule has 12 heteroatoms. The third kappa shape index (κ3) is 7.01. The van der Waals surface area contributed by atoms with Crippen molar-refractivity contribution < 1.29 is 27.5 Å². The van der Waals surface area contributed by atoms with Gasteiger partial charge in [-0.2, -0.15) is 13.2 Å². The maximum Gasteiger partial charge on any atom is 0.416 e. The Bertz CT molecular complexity index is 1440. The van der Waals surface area contributed by atoms with Crippen molar-refractivity contribution >= 4 is 23.2 Å². The molecule has 2 aliphatic rings. The van der Waals surface area contributed by atoms with Crippen molar-refractivity contribution in [1.82, 2.24) is 19.8 Å². The fourth-order valence-corrected chi connectivity index (χ4v) is 5.05. The van der Waals surface area contributed by atoms with Crippen LogP contribution in [0.3, 0.4) is 0 Å². The van der Waals surface area contributed by atoms with Crippen LogP contribution in [-0.4, -0.2) is 71.4 Å². The van der Waals surface area contributed by atoms with Crippen LogP contribution in [0.5, 0.6) is 11.6 Å². The van der Waals surface area contributed by atoms with E-state index in [2.05, 4.69) is 20.2 Å². The quantitative estimate of drug-likeness (QED) is 0.440. The van der Waals surface area contributed by atoms with Gasteiger partial charge in [-0.25, -0.2) is 14.8 Å². The van der Waals surface area contributed by atoms with Gasteiger partial charge in [0, 0.05) is 63.1 Å². The van der Waals surface area contributed by atoms with Gasteiger partial charge in [0.2, 0.25) is 5.88 Å². The van der Waals surface area contributed by atoms with Crippen molar-refractivity contribution in [1.29, 1.82) is 0 Å². The highest BCUT2D eigenvalue weighted by Crippen LogP contribution is 2.36. The van der Waals surface area contributed by atoms with Gasteiger partial charge >= 0.3 is 12.2 Å². The lowest BCUT2D eigenvalue weighted by Crippen LogP contribution is -2.44. The number of benzene rings is 2. The van der Waals surface area contributed by atoms with Gasteiger partial charge in [0.05, 0.1) is 11.3 Å². The summed E-state index contributed by atoms with van der Waals surface area (Å²) in [5, 5.41) is 2.64.